The fourth-order valence-electron chi connectivity index (χ4n) is 7.82. The quantitative estimate of drug-likeness (QED) is 0.0725. The maximum atomic E-state index is 12.6. The first-order valence-electron chi connectivity index (χ1n) is 27.0. The second-order valence-electron chi connectivity index (χ2n) is 22.3. The van der Waals surface area contributed by atoms with Gasteiger partial charge in [-0.1, -0.05) is 203 Å². The summed E-state index contributed by atoms with van der Waals surface area (Å²) in [7, 11) is 4.02. The van der Waals surface area contributed by atoms with E-state index >= 15 is 0 Å². The van der Waals surface area contributed by atoms with E-state index in [1.807, 2.05) is 26.1 Å². The van der Waals surface area contributed by atoms with E-state index in [4.69, 9.17) is 0 Å². The molecule has 72 heavy (non-hydrogen) atoms. The molecule has 0 radical (unpaired) electrons. The van der Waals surface area contributed by atoms with Gasteiger partial charge in [-0.15, -0.1) is 39.5 Å². The van der Waals surface area contributed by atoms with E-state index in [0.29, 0.717) is 23.6 Å². The van der Waals surface area contributed by atoms with E-state index in [-0.39, 0.29) is 36.1 Å². The number of hydrogen-bond acceptors (Lipinski definition) is 4. The highest BCUT2D eigenvalue weighted by Gasteiger charge is 2.40. The molecule has 0 bridgehead atoms. The van der Waals surface area contributed by atoms with Crippen molar-refractivity contribution < 1.29 is 13.6 Å². The van der Waals surface area contributed by atoms with E-state index in [1.165, 1.54) is 86.6 Å². The predicted molar refractivity (Wildman–Crippen MR) is 326 cm³/mol. The molecule has 5 nitrogen and oxygen atoms in total. The maximum Gasteiger partial charge on any atom is 0.247 e. The number of nitrogens with zero attached hydrogens (tertiary/aromatic N) is 2. The summed E-state index contributed by atoms with van der Waals surface area (Å²) in [6.07, 6.45) is 24.1. The number of hydrogen-bond donors (Lipinski definition) is 2. The van der Waals surface area contributed by atoms with Gasteiger partial charge in [0, 0.05) is 50.9 Å². The van der Waals surface area contributed by atoms with E-state index in [1.54, 1.807) is 19.1 Å². The lowest BCUT2D eigenvalue weighted by Gasteiger charge is -2.45. The van der Waals surface area contributed by atoms with Crippen LogP contribution < -0.4 is 10.6 Å². The number of likely N-dealkylation sites (N-methyl/N-ethyl adjacent to an activating group) is 1. The Morgan fingerprint density at radius 3 is 1.71 bits per heavy atom. The lowest BCUT2D eigenvalue weighted by atomic mass is 9.74. The van der Waals surface area contributed by atoms with Crippen LogP contribution in [0.3, 0.4) is 0 Å². The summed E-state index contributed by atoms with van der Waals surface area (Å²) in [6.45, 7) is 76.3. The molecule has 4 atom stereocenters. The molecule has 2 rings (SSSR count). The fourth-order valence-corrected chi connectivity index (χ4v) is 7.82. The summed E-state index contributed by atoms with van der Waals surface area (Å²) in [5.41, 5.74) is 7.01. The van der Waals surface area contributed by atoms with Gasteiger partial charge in [-0.05, 0) is 99.9 Å². The summed E-state index contributed by atoms with van der Waals surface area (Å²) in [5, 5.41) is 5.74. The van der Waals surface area contributed by atoms with Crippen molar-refractivity contribution in [2.75, 3.05) is 27.2 Å². The first-order chi connectivity index (χ1) is 33.3. The van der Waals surface area contributed by atoms with Crippen molar-refractivity contribution in [1.82, 2.24) is 20.4 Å². The van der Waals surface area contributed by atoms with Crippen molar-refractivity contribution in [2.45, 2.75) is 219 Å². The van der Waals surface area contributed by atoms with E-state index in [9.17, 15) is 13.6 Å². The zero-order chi connectivity index (χ0) is 58.1. The van der Waals surface area contributed by atoms with Crippen LogP contribution in [0.25, 0.3) is 0 Å². The topological polar surface area (TPSA) is 47.6 Å². The van der Waals surface area contributed by atoms with Crippen LogP contribution in [0, 0.1) is 28.1 Å². The molecule has 420 valence electrons. The second kappa shape index (κ2) is 44.4. The number of carbonyl (C=O) groups is 1. The van der Waals surface area contributed by atoms with Crippen molar-refractivity contribution >= 4 is 5.91 Å². The van der Waals surface area contributed by atoms with Gasteiger partial charge in [0.2, 0.25) is 11.8 Å². The standard InChI is InChI=1S/C20H37N3.C12H19F2NO.C12H20.C9H18.C5H12.C3H6.2C2H4/c1-11-17-12-18(14(2)3)23(13-17)15(4)19(20(6,7)8)22(10)16(5)21-9;1-5-8-15-11(16)10(3)9(2)6-7-12(4,13)14;1-5-8-10-12(9-6-2)11(4)7-3;1-3-9(2)7-5-4-6-8-9;1-5(2,3)4;1-3-2;2*1-2/h17-19,21H,2,4-5,11-13H2,1,3,6-10H3;5,9H,1,3,6-8H2,2,4H3,(H,15,16);5,8,10H,1,6-7,9H2,2-4H3;3-8H2,1-2H3;1-4H3;3H,1H2,2H3;2*1-2H2/b;;10-8-,12-11+;;;;;. The number of rotatable bonds is 20. The third kappa shape index (κ3) is 41.4. The first kappa shape index (κ1) is 79.3. The molecule has 1 aliphatic carbocycles. The molecule has 2 N–H and O–H groups in total. The molecule has 0 aromatic rings. The van der Waals surface area contributed by atoms with E-state index in [2.05, 4.69) is 203 Å². The summed E-state index contributed by atoms with van der Waals surface area (Å²) >= 11 is 0. The van der Waals surface area contributed by atoms with Crippen LogP contribution in [0.1, 0.15) is 201 Å². The first-order valence-corrected chi connectivity index (χ1v) is 27.0. The van der Waals surface area contributed by atoms with Gasteiger partial charge in [0.05, 0.1) is 11.9 Å². The van der Waals surface area contributed by atoms with Gasteiger partial charge in [0.25, 0.3) is 0 Å². The minimum Gasteiger partial charge on any atom is -0.375 e. The molecule has 1 saturated heterocycles. The monoisotopic (exact) mass is 1010 g/mol. The van der Waals surface area contributed by atoms with E-state index < -0.39 is 5.92 Å². The average Bonchev–Trinajstić information content (AvgIpc) is 3.77. The Bertz CT molecular complexity index is 1550. The van der Waals surface area contributed by atoms with Crippen LogP contribution in [0.15, 0.2) is 137 Å². The summed E-state index contributed by atoms with van der Waals surface area (Å²) < 4.78 is 25.2. The highest BCUT2D eigenvalue weighted by Crippen LogP contribution is 2.39. The average molecular weight is 1010 g/mol. The highest BCUT2D eigenvalue weighted by atomic mass is 19.3. The minimum absolute atomic E-state index is 0.0650. The Morgan fingerprint density at radius 1 is 0.889 bits per heavy atom. The summed E-state index contributed by atoms with van der Waals surface area (Å²) in [6, 6.07) is 0.605. The zero-order valence-corrected chi connectivity index (χ0v) is 51.1. The molecule has 0 spiro atoms. The van der Waals surface area contributed by atoms with E-state index in [0.717, 1.165) is 37.0 Å². The molecule has 1 saturated carbocycles. The molecular weight excluding hydrogens is 891 g/mol. The third-order valence-corrected chi connectivity index (χ3v) is 12.4. The Labute approximate surface area is 449 Å². The number of carbonyl (C=O) groups excluding carboxylic acids is 1. The number of likely N-dealkylation sites (tertiary alicyclic amines) is 1. The molecule has 4 unspecified atom stereocenters. The number of alkyl halides is 2. The van der Waals surface area contributed by atoms with Crippen LogP contribution in [0.4, 0.5) is 8.78 Å². The van der Waals surface area contributed by atoms with Crippen molar-refractivity contribution in [1.29, 1.82) is 0 Å². The molecule has 2 aliphatic rings. The summed E-state index contributed by atoms with van der Waals surface area (Å²) in [4.78, 5) is 16.1. The normalized spacial score (nSPS) is 16.7. The van der Waals surface area contributed by atoms with Crippen LogP contribution in [-0.2, 0) is 4.79 Å². The number of allylic oxidation sites excluding steroid dienone is 6. The molecule has 0 aromatic heterocycles. The van der Waals surface area contributed by atoms with Gasteiger partial charge in [-0.3, -0.25) is 4.79 Å². The van der Waals surface area contributed by atoms with Crippen molar-refractivity contribution in [3.05, 3.63) is 137 Å². The van der Waals surface area contributed by atoms with Gasteiger partial charge in [0.15, 0.2) is 0 Å². The number of amides is 1. The van der Waals surface area contributed by atoms with Crippen LogP contribution >= 0.6 is 0 Å². The van der Waals surface area contributed by atoms with Crippen LogP contribution in [-0.4, -0.2) is 60.9 Å². The second-order valence-corrected chi connectivity index (χ2v) is 22.3. The number of halogens is 2. The minimum atomic E-state index is -2.69. The number of nitrogens with one attached hydrogen (secondary N) is 2. The van der Waals surface area contributed by atoms with Crippen LogP contribution in [0.2, 0.25) is 0 Å². The molecule has 7 heteroatoms. The smallest absolute Gasteiger partial charge is 0.247 e. The largest absolute Gasteiger partial charge is 0.375 e. The Morgan fingerprint density at radius 2 is 1.38 bits per heavy atom. The van der Waals surface area contributed by atoms with Gasteiger partial charge < -0.3 is 20.4 Å². The fraction of sp³-hybridized carbons (Fsp3) is 0.646. The van der Waals surface area contributed by atoms with Gasteiger partial charge >= 0.3 is 0 Å². The molecule has 0 aromatic carbocycles. The SMILES string of the molecule is C=C.C=C.C=C(C)C1CC(CC)CN1C(=C)C(N(C)C(=C)NC)C(C)(C)C.C=C/C=C\C(CCC)=C(/C)CC.C=CC.C=CCNC(=O)C(=C)C(C)CCC(C)(F)F.CC(C)(C)C.CCC1(C)CCCCC1. The molecular formula is C65H120F2N4O. The Kier molecular flexibility index (Phi) is 48.9. The summed E-state index contributed by atoms with van der Waals surface area (Å²) in [5.74, 6) is -1.58. The van der Waals surface area contributed by atoms with Crippen molar-refractivity contribution in [3.8, 4) is 0 Å². The maximum absolute atomic E-state index is 12.6. The van der Waals surface area contributed by atoms with Gasteiger partial charge in [-0.2, -0.15) is 0 Å². The van der Waals surface area contributed by atoms with Crippen molar-refractivity contribution in [3.63, 3.8) is 0 Å². The third-order valence-electron chi connectivity index (χ3n) is 12.4. The van der Waals surface area contributed by atoms with Crippen LogP contribution in [0.5, 0.6) is 0 Å². The Hall–Kier alpha value is -4.13. The van der Waals surface area contributed by atoms with Gasteiger partial charge in [-0.25, -0.2) is 8.78 Å². The highest BCUT2D eigenvalue weighted by molar-refractivity contribution is 5.93. The van der Waals surface area contributed by atoms with Crippen molar-refractivity contribution in [2.24, 2.45) is 28.1 Å². The molecule has 1 heterocycles. The molecule has 1 amide bonds. The molecule has 1 aliphatic heterocycles. The molecule has 2 fully saturated rings. The lowest BCUT2D eigenvalue weighted by Crippen LogP contribution is -2.49. The zero-order valence-electron chi connectivity index (χ0n) is 51.1. The Balaban J connectivity index is -0.000000195. The lowest BCUT2D eigenvalue weighted by molar-refractivity contribution is -0.117. The predicted octanol–water partition coefficient (Wildman–Crippen LogP) is 19.6. The van der Waals surface area contributed by atoms with Gasteiger partial charge in [0.1, 0.15) is 0 Å².